The second-order valence-electron chi connectivity index (χ2n) is 3.50. The maximum absolute atomic E-state index is 7.60. The van der Waals surface area contributed by atoms with Gasteiger partial charge in [-0.05, 0) is 22.4 Å². The number of thiophene rings is 1. The summed E-state index contributed by atoms with van der Waals surface area (Å²) in [5, 5.41) is 19.1. The van der Waals surface area contributed by atoms with Crippen LogP contribution in [0.3, 0.4) is 0 Å². The zero-order chi connectivity index (χ0) is 12.1. The van der Waals surface area contributed by atoms with Crippen LogP contribution in [-0.2, 0) is 0 Å². The molecule has 0 fully saturated rings. The molecule has 17 heavy (non-hydrogen) atoms. The first-order valence-electron chi connectivity index (χ1n) is 5.21. The fourth-order valence-electron chi connectivity index (χ4n) is 1.50. The van der Waals surface area contributed by atoms with E-state index in [1.807, 2.05) is 53.2 Å². The van der Waals surface area contributed by atoms with Gasteiger partial charge in [0.15, 0.2) is 0 Å². The molecule has 3 rings (SSSR count). The van der Waals surface area contributed by atoms with E-state index in [4.69, 9.17) is 10.8 Å². The van der Waals surface area contributed by atoms with E-state index in [0.717, 1.165) is 11.1 Å². The predicted octanol–water partition coefficient (Wildman–Crippen LogP) is 3.85. The fourth-order valence-corrected chi connectivity index (χ4v) is 1.95. The lowest BCUT2D eigenvalue weighted by atomic mass is 9.94. The minimum Gasteiger partial charge on any atom is -0.299 e. The molecule has 1 heterocycles. The average Bonchev–Trinajstić information content (AvgIpc) is 2.93. The Bertz CT molecular complexity index is 536. The zero-order valence-corrected chi connectivity index (χ0v) is 10.00. The van der Waals surface area contributed by atoms with E-state index >= 15 is 0 Å². The first-order valence-corrected chi connectivity index (χ1v) is 6.15. The molecule has 0 saturated heterocycles. The normalized spacial score (nSPS) is 12.7. The van der Waals surface area contributed by atoms with Crippen molar-refractivity contribution in [3.05, 3.63) is 64.4 Å². The van der Waals surface area contributed by atoms with Crippen LogP contribution in [0.25, 0.3) is 6.08 Å². The van der Waals surface area contributed by atoms with E-state index in [9.17, 15) is 0 Å². The molecule has 84 valence electrons. The van der Waals surface area contributed by atoms with Crippen molar-refractivity contribution in [2.75, 3.05) is 0 Å². The van der Waals surface area contributed by atoms with E-state index in [-0.39, 0.29) is 5.71 Å². The lowest BCUT2D eigenvalue weighted by Crippen LogP contribution is -2.15. The van der Waals surface area contributed by atoms with Crippen molar-refractivity contribution in [2.45, 2.75) is 0 Å². The Morgan fingerprint density at radius 3 is 2.18 bits per heavy atom. The average molecular weight is 240 g/mol. The van der Waals surface area contributed by atoms with Crippen molar-refractivity contribution in [1.82, 2.24) is 0 Å². The highest BCUT2D eigenvalue weighted by atomic mass is 32.1. The van der Waals surface area contributed by atoms with Gasteiger partial charge >= 0.3 is 0 Å². The maximum Gasteiger partial charge on any atom is 0.0867 e. The third-order valence-corrected chi connectivity index (χ3v) is 2.98. The van der Waals surface area contributed by atoms with Crippen molar-refractivity contribution in [3.63, 3.8) is 0 Å². The summed E-state index contributed by atoms with van der Waals surface area (Å²) in [6, 6.07) is 11.7. The number of allylic oxidation sites excluding steroid dienone is 1. The number of rotatable bonds is 0. The summed E-state index contributed by atoms with van der Waals surface area (Å²) in [5.41, 5.74) is 2.48. The minimum atomic E-state index is 0.286. The lowest BCUT2D eigenvalue weighted by Gasteiger charge is -2.10. The van der Waals surface area contributed by atoms with Crippen LogP contribution in [-0.4, -0.2) is 11.4 Å². The Kier molecular flexibility index (Phi) is 3.62. The van der Waals surface area contributed by atoms with E-state index in [1.165, 1.54) is 0 Å². The van der Waals surface area contributed by atoms with Crippen LogP contribution in [0.2, 0.25) is 0 Å². The number of hydrogen-bond donors (Lipinski definition) is 2. The third kappa shape index (κ3) is 2.77. The smallest absolute Gasteiger partial charge is 0.0867 e. The Morgan fingerprint density at radius 2 is 1.53 bits per heavy atom. The summed E-state index contributed by atoms with van der Waals surface area (Å²) >= 11 is 1.71. The fraction of sp³-hybridized carbons (Fsp3) is 0. The molecule has 0 radical (unpaired) electrons. The Morgan fingerprint density at radius 1 is 0.824 bits per heavy atom. The van der Waals surface area contributed by atoms with Crippen LogP contribution in [0.4, 0.5) is 0 Å². The van der Waals surface area contributed by atoms with E-state index in [1.54, 1.807) is 17.4 Å². The van der Waals surface area contributed by atoms with Gasteiger partial charge in [0.25, 0.3) is 0 Å². The van der Waals surface area contributed by atoms with Gasteiger partial charge in [-0.1, -0.05) is 42.5 Å². The van der Waals surface area contributed by atoms with Gasteiger partial charge in [-0.15, -0.1) is 0 Å². The number of nitrogens with one attached hydrogen (secondary N) is 2. The van der Waals surface area contributed by atoms with Crippen molar-refractivity contribution in [3.8, 4) is 0 Å². The van der Waals surface area contributed by atoms with Gasteiger partial charge in [0.1, 0.15) is 0 Å². The molecule has 1 aliphatic carbocycles. The molecule has 1 aromatic heterocycles. The molecule has 2 aromatic rings. The summed E-state index contributed by atoms with van der Waals surface area (Å²) in [4.78, 5) is 0. The highest BCUT2D eigenvalue weighted by Gasteiger charge is 2.12. The maximum atomic E-state index is 7.60. The number of benzene rings is 1. The van der Waals surface area contributed by atoms with E-state index < -0.39 is 0 Å². The predicted molar refractivity (Wildman–Crippen MR) is 74.4 cm³/mol. The standard InChI is InChI=1S/C10H8N2.C4H4S/c11-9-6-5-7-3-1-2-4-8(7)10(9)12;1-2-4-5-3-1/h1-6,11-12H;1-4H. The number of hydrogen-bond acceptors (Lipinski definition) is 3. The molecule has 0 spiro atoms. The van der Waals surface area contributed by atoms with E-state index in [0.29, 0.717) is 5.71 Å². The highest BCUT2D eigenvalue weighted by molar-refractivity contribution is 7.07. The molecule has 3 heteroatoms. The van der Waals surface area contributed by atoms with Gasteiger partial charge in [-0.2, -0.15) is 11.3 Å². The zero-order valence-electron chi connectivity index (χ0n) is 9.18. The van der Waals surface area contributed by atoms with Crippen LogP contribution in [0.1, 0.15) is 11.1 Å². The van der Waals surface area contributed by atoms with Crippen molar-refractivity contribution in [1.29, 1.82) is 10.8 Å². The molecule has 0 atom stereocenters. The molecule has 0 amide bonds. The van der Waals surface area contributed by atoms with E-state index in [2.05, 4.69) is 0 Å². The Labute approximate surface area is 104 Å². The van der Waals surface area contributed by atoms with Crippen molar-refractivity contribution in [2.24, 2.45) is 0 Å². The van der Waals surface area contributed by atoms with Gasteiger partial charge < -0.3 is 0 Å². The largest absolute Gasteiger partial charge is 0.299 e. The van der Waals surface area contributed by atoms with Crippen molar-refractivity contribution >= 4 is 28.8 Å². The molecule has 1 aromatic carbocycles. The second-order valence-corrected chi connectivity index (χ2v) is 4.32. The van der Waals surface area contributed by atoms with Crippen molar-refractivity contribution < 1.29 is 0 Å². The minimum absolute atomic E-state index is 0.286. The molecule has 2 N–H and O–H groups in total. The summed E-state index contributed by atoms with van der Waals surface area (Å²) < 4.78 is 0. The monoisotopic (exact) mass is 240 g/mol. The Balaban J connectivity index is 0.000000181. The third-order valence-electron chi connectivity index (χ3n) is 2.35. The summed E-state index contributed by atoms with van der Waals surface area (Å²) in [7, 11) is 0. The summed E-state index contributed by atoms with van der Waals surface area (Å²) in [6.45, 7) is 0. The van der Waals surface area contributed by atoms with Crippen LogP contribution in [0.15, 0.2) is 53.2 Å². The highest BCUT2D eigenvalue weighted by Crippen LogP contribution is 2.16. The van der Waals surface area contributed by atoms with Crippen LogP contribution >= 0.6 is 11.3 Å². The molecule has 0 bridgehead atoms. The van der Waals surface area contributed by atoms with Gasteiger partial charge in [0.05, 0.1) is 11.4 Å². The lowest BCUT2D eigenvalue weighted by molar-refractivity contribution is 1.45. The second kappa shape index (κ2) is 5.37. The SMILES string of the molecule is N=C1C=Cc2ccccc2C1=N.c1ccsc1. The first kappa shape index (κ1) is 11.5. The summed E-state index contributed by atoms with van der Waals surface area (Å²) in [5.74, 6) is 0. The molecular weight excluding hydrogens is 228 g/mol. The molecule has 0 saturated carbocycles. The Hall–Kier alpha value is -2.00. The molecular formula is C14H12N2S. The van der Waals surface area contributed by atoms with Gasteiger partial charge in [-0.3, -0.25) is 10.8 Å². The van der Waals surface area contributed by atoms with Gasteiger partial charge in [0.2, 0.25) is 0 Å². The van der Waals surface area contributed by atoms with Gasteiger partial charge in [0, 0.05) is 5.56 Å². The van der Waals surface area contributed by atoms with Crippen LogP contribution < -0.4 is 0 Å². The molecule has 1 aliphatic rings. The van der Waals surface area contributed by atoms with Gasteiger partial charge in [-0.25, -0.2) is 0 Å². The molecule has 2 nitrogen and oxygen atoms in total. The quantitative estimate of drug-likeness (QED) is 0.702. The summed E-state index contributed by atoms with van der Waals surface area (Å²) in [6.07, 6.45) is 3.53. The van der Waals surface area contributed by atoms with Crippen LogP contribution in [0.5, 0.6) is 0 Å². The molecule has 0 unspecified atom stereocenters. The topological polar surface area (TPSA) is 47.7 Å². The molecule has 0 aliphatic heterocycles. The van der Waals surface area contributed by atoms with Crippen LogP contribution in [0, 0.1) is 10.8 Å². The number of fused-ring (bicyclic) bond motifs is 1. The first-order chi connectivity index (χ1) is 8.29.